The fraction of sp³-hybridized carbons (Fsp3) is 0.857. The molecule has 0 aliphatic rings. The Kier molecular flexibility index (Phi) is 7.34. The van der Waals surface area contributed by atoms with Gasteiger partial charge in [0, 0.05) is 0 Å². The molecule has 0 radical (unpaired) electrons. The summed E-state index contributed by atoms with van der Waals surface area (Å²) >= 11 is 0. The van der Waals surface area contributed by atoms with Gasteiger partial charge in [-0.15, -0.1) is 0 Å². The number of carboxylic acid groups (broad SMARTS) is 3. The maximum absolute atomic E-state index is 12.3. The van der Waals surface area contributed by atoms with Crippen molar-refractivity contribution in [2.24, 2.45) is 39.4 Å². The Morgan fingerprint density at radius 1 is 0.630 bits per heavy atom. The Morgan fingerprint density at radius 2 is 1.00 bits per heavy atom. The van der Waals surface area contributed by atoms with Gasteiger partial charge in [-0.1, -0.05) is 69.2 Å². The van der Waals surface area contributed by atoms with Crippen LogP contribution >= 0.6 is 0 Å². The largest absolute Gasteiger partial charge is 0.481 e. The number of carbonyl (C=O) groups is 3. The van der Waals surface area contributed by atoms with E-state index in [4.69, 9.17) is 0 Å². The molecule has 158 valence electrons. The van der Waals surface area contributed by atoms with E-state index in [1.54, 1.807) is 48.5 Å². The van der Waals surface area contributed by atoms with Crippen molar-refractivity contribution in [3.63, 3.8) is 0 Å². The highest BCUT2D eigenvalue weighted by Gasteiger charge is 2.58. The van der Waals surface area contributed by atoms with E-state index >= 15 is 0 Å². The van der Waals surface area contributed by atoms with Gasteiger partial charge in [-0.3, -0.25) is 14.4 Å². The molecule has 0 aromatic carbocycles. The molecule has 3 atom stereocenters. The van der Waals surface area contributed by atoms with Crippen molar-refractivity contribution in [2.75, 3.05) is 0 Å². The quantitative estimate of drug-likeness (QED) is 0.561. The Morgan fingerprint density at radius 3 is 1.22 bits per heavy atom. The number of carboxylic acids is 3. The zero-order valence-electron chi connectivity index (χ0n) is 18.5. The first-order chi connectivity index (χ1) is 11.7. The minimum absolute atomic E-state index is 0.272. The SMILES string of the molecule is CC(C)(C)CC(C(=O)O)C(C)(C)C(C)(C)C(C(=O)O)C(C(=O)O)C(C)(C)C. The molecule has 0 spiro atoms. The van der Waals surface area contributed by atoms with Crippen molar-refractivity contribution in [3.8, 4) is 0 Å². The summed E-state index contributed by atoms with van der Waals surface area (Å²) in [5, 5.41) is 29.7. The van der Waals surface area contributed by atoms with E-state index in [9.17, 15) is 29.7 Å². The van der Waals surface area contributed by atoms with Gasteiger partial charge in [-0.25, -0.2) is 0 Å². The molecule has 0 aromatic rings. The van der Waals surface area contributed by atoms with E-state index in [2.05, 4.69) is 0 Å². The van der Waals surface area contributed by atoms with Crippen LogP contribution in [0, 0.1) is 39.4 Å². The zero-order chi connectivity index (χ0) is 22.2. The van der Waals surface area contributed by atoms with Crippen LogP contribution in [0.3, 0.4) is 0 Å². The standard InChI is InChI=1S/C21H38O6/c1-18(2,3)11-12(15(22)23)20(7,8)21(9,10)14(17(26)27)13(16(24)25)19(4,5)6/h12-14H,11H2,1-10H3,(H,22,23)(H,24,25)(H,26,27). The van der Waals surface area contributed by atoms with E-state index in [0.717, 1.165) is 0 Å². The summed E-state index contributed by atoms with van der Waals surface area (Å²) in [5.74, 6) is -6.60. The summed E-state index contributed by atoms with van der Waals surface area (Å²) < 4.78 is 0. The van der Waals surface area contributed by atoms with Crippen LogP contribution in [0.4, 0.5) is 0 Å². The van der Waals surface area contributed by atoms with Gasteiger partial charge in [-0.05, 0) is 28.1 Å². The predicted molar refractivity (Wildman–Crippen MR) is 104 cm³/mol. The summed E-state index contributed by atoms with van der Waals surface area (Å²) in [5.41, 5.74) is -3.13. The van der Waals surface area contributed by atoms with E-state index in [0.29, 0.717) is 6.42 Å². The number of hydrogen-bond donors (Lipinski definition) is 3. The van der Waals surface area contributed by atoms with Gasteiger partial charge in [-0.2, -0.15) is 0 Å². The Bertz CT molecular complexity index is 574. The highest BCUT2D eigenvalue weighted by Crippen LogP contribution is 2.56. The molecular weight excluding hydrogens is 348 g/mol. The molecule has 0 rings (SSSR count). The molecule has 3 unspecified atom stereocenters. The summed E-state index contributed by atoms with van der Waals surface area (Å²) in [6.45, 7) is 17.8. The number of aliphatic carboxylic acids is 3. The summed E-state index contributed by atoms with van der Waals surface area (Å²) in [6, 6.07) is 0. The zero-order valence-corrected chi connectivity index (χ0v) is 18.5. The average Bonchev–Trinajstić information content (AvgIpc) is 2.37. The number of hydrogen-bond acceptors (Lipinski definition) is 3. The minimum Gasteiger partial charge on any atom is -0.481 e. The molecule has 0 aliphatic carbocycles. The van der Waals surface area contributed by atoms with Gasteiger partial charge in [0.15, 0.2) is 0 Å². The first-order valence-electron chi connectivity index (χ1n) is 9.36. The lowest BCUT2D eigenvalue weighted by atomic mass is 9.50. The van der Waals surface area contributed by atoms with E-state index in [1.807, 2.05) is 20.8 Å². The molecule has 0 fully saturated rings. The average molecular weight is 387 g/mol. The van der Waals surface area contributed by atoms with Gasteiger partial charge in [0.25, 0.3) is 0 Å². The smallest absolute Gasteiger partial charge is 0.307 e. The Labute approximate surface area is 163 Å². The maximum atomic E-state index is 12.3. The molecule has 0 aliphatic heterocycles. The normalized spacial score (nSPS) is 17.1. The monoisotopic (exact) mass is 386 g/mol. The van der Waals surface area contributed by atoms with Crippen LogP contribution in [-0.4, -0.2) is 33.2 Å². The fourth-order valence-corrected chi connectivity index (χ4v) is 3.99. The molecule has 0 saturated heterocycles. The third-order valence-electron chi connectivity index (χ3n) is 6.22. The van der Waals surface area contributed by atoms with Crippen molar-refractivity contribution in [2.45, 2.75) is 75.7 Å². The molecule has 0 bridgehead atoms. The van der Waals surface area contributed by atoms with Gasteiger partial charge in [0.2, 0.25) is 0 Å². The summed E-state index contributed by atoms with van der Waals surface area (Å²) in [4.78, 5) is 36.4. The van der Waals surface area contributed by atoms with Crippen LogP contribution in [0.2, 0.25) is 0 Å². The van der Waals surface area contributed by atoms with Crippen molar-refractivity contribution in [3.05, 3.63) is 0 Å². The van der Waals surface area contributed by atoms with E-state index < -0.39 is 51.9 Å². The predicted octanol–water partition coefficient (Wildman–Crippen LogP) is 4.62. The van der Waals surface area contributed by atoms with Gasteiger partial charge < -0.3 is 15.3 Å². The van der Waals surface area contributed by atoms with E-state index in [1.165, 1.54) is 0 Å². The molecule has 3 N–H and O–H groups in total. The highest BCUT2D eigenvalue weighted by atomic mass is 16.4. The second-order valence-electron chi connectivity index (χ2n) is 11.1. The van der Waals surface area contributed by atoms with Crippen LogP contribution in [-0.2, 0) is 14.4 Å². The van der Waals surface area contributed by atoms with Crippen LogP contribution in [0.1, 0.15) is 75.7 Å². The summed E-state index contributed by atoms with van der Waals surface area (Å²) in [6.07, 6.45) is 0.359. The molecular formula is C21H38O6. The maximum Gasteiger partial charge on any atom is 0.307 e. The molecule has 6 nitrogen and oxygen atoms in total. The van der Waals surface area contributed by atoms with Gasteiger partial charge in [0.1, 0.15) is 0 Å². The topological polar surface area (TPSA) is 112 Å². The number of rotatable bonds is 8. The lowest BCUT2D eigenvalue weighted by Gasteiger charge is -2.52. The van der Waals surface area contributed by atoms with Crippen LogP contribution in [0.15, 0.2) is 0 Å². The van der Waals surface area contributed by atoms with Crippen molar-refractivity contribution < 1.29 is 29.7 Å². The second kappa shape index (κ2) is 7.80. The first-order valence-corrected chi connectivity index (χ1v) is 9.36. The minimum atomic E-state index is -1.24. The third-order valence-corrected chi connectivity index (χ3v) is 6.22. The molecule has 0 amide bonds. The molecule has 6 heteroatoms. The van der Waals surface area contributed by atoms with Gasteiger partial charge >= 0.3 is 17.9 Å². The first kappa shape index (κ1) is 25.4. The van der Waals surface area contributed by atoms with Crippen molar-refractivity contribution >= 4 is 17.9 Å². The van der Waals surface area contributed by atoms with Crippen LogP contribution < -0.4 is 0 Å². The van der Waals surface area contributed by atoms with Crippen LogP contribution in [0.5, 0.6) is 0 Å². The highest BCUT2D eigenvalue weighted by molar-refractivity contribution is 5.81. The lowest BCUT2D eigenvalue weighted by molar-refractivity contribution is -0.176. The fourth-order valence-electron chi connectivity index (χ4n) is 3.99. The molecule has 0 heterocycles. The molecule has 0 aromatic heterocycles. The molecule has 0 saturated carbocycles. The Balaban J connectivity index is 6.51. The Hall–Kier alpha value is -1.59. The van der Waals surface area contributed by atoms with E-state index in [-0.39, 0.29) is 5.41 Å². The van der Waals surface area contributed by atoms with Crippen LogP contribution in [0.25, 0.3) is 0 Å². The van der Waals surface area contributed by atoms with Crippen molar-refractivity contribution in [1.29, 1.82) is 0 Å². The lowest BCUT2D eigenvalue weighted by Crippen LogP contribution is -2.55. The summed E-state index contributed by atoms with van der Waals surface area (Å²) in [7, 11) is 0. The third kappa shape index (κ3) is 5.69. The van der Waals surface area contributed by atoms with Crippen molar-refractivity contribution in [1.82, 2.24) is 0 Å². The second-order valence-corrected chi connectivity index (χ2v) is 11.1. The van der Waals surface area contributed by atoms with Gasteiger partial charge in [0.05, 0.1) is 17.8 Å². The molecule has 27 heavy (non-hydrogen) atoms.